The van der Waals surface area contributed by atoms with Crippen LogP contribution in [0.25, 0.3) is 76.0 Å². The van der Waals surface area contributed by atoms with Crippen LogP contribution in [-0.2, 0) is 21.7 Å². The number of nitrogens with zero attached hydrogens (tertiary/aromatic N) is 1. The number of aromatic nitrogens is 1. The van der Waals surface area contributed by atoms with Crippen LogP contribution in [0, 0.1) is 0 Å². The quantitative estimate of drug-likeness (QED) is 0.175. The fourth-order valence-corrected chi connectivity index (χ4v) is 9.85. The van der Waals surface area contributed by atoms with Crippen LogP contribution in [0.4, 0.5) is 17.1 Å². The third-order valence-corrected chi connectivity index (χ3v) is 13.7. The highest BCUT2D eigenvalue weighted by atomic mass is 15.1. The maximum Gasteiger partial charge on any atom is 0.0544 e. The van der Waals surface area contributed by atoms with Crippen molar-refractivity contribution in [3.8, 4) is 11.1 Å². The van der Waals surface area contributed by atoms with Gasteiger partial charge in [-0.05, 0) is 153 Å². The van der Waals surface area contributed by atoms with Crippen molar-refractivity contribution in [2.24, 2.45) is 0 Å². The highest BCUT2D eigenvalue weighted by Gasteiger charge is 2.27. The van der Waals surface area contributed by atoms with Gasteiger partial charge in [0.1, 0.15) is 0 Å². The van der Waals surface area contributed by atoms with Gasteiger partial charge in [-0.2, -0.15) is 0 Å². The number of benzene rings is 9. The molecule has 64 heavy (non-hydrogen) atoms. The van der Waals surface area contributed by atoms with Gasteiger partial charge in [0, 0.05) is 38.9 Å². The summed E-state index contributed by atoms with van der Waals surface area (Å²) in [5, 5.41) is 12.6. The zero-order chi connectivity index (χ0) is 45.1. The van der Waals surface area contributed by atoms with Gasteiger partial charge in [-0.3, -0.25) is 0 Å². The number of H-pyrrole nitrogens is 1. The summed E-state index contributed by atoms with van der Waals surface area (Å²) in [6.07, 6.45) is 0. The standard InChI is InChI=1S/C62H62N2/c1-59(2,3)39-25-28-57-54(33-39)56-35-42(62(10,11)12)34-55(58(56)63-57)52-37-44(29-38-19-13-14-20-46(38)52)64(45-31-40(60(4,5)6)30-41(32-45)61(7,8)9)43-26-27-51-49-23-16-15-21-47(49)48-22-17-18-24-50(48)53(51)36-43/h13-37,63H,1-12H3. The van der Waals surface area contributed by atoms with Gasteiger partial charge in [0.25, 0.3) is 0 Å². The first kappa shape index (κ1) is 41.6. The molecular formula is C62H62N2. The summed E-state index contributed by atoms with van der Waals surface area (Å²) in [5.41, 5.74) is 13.4. The lowest BCUT2D eigenvalue weighted by Crippen LogP contribution is -2.19. The van der Waals surface area contributed by atoms with Crippen LogP contribution in [0.1, 0.15) is 105 Å². The van der Waals surface area contributed by atoms with Crippen LogP contribution < -0.4 is 4.90 Å². The van der Waals surface area contributed by atoms with E-state index in [1.165, 1.54) is 98.3 Å². The van der Waals surface area contributed by atoms with Crippen LogP contribution in [0.15, 0.2) is 152 Å². The molecule has 0 unspecified atom stereocenters. The molecule has 320 valence electrons. The van der Waals surface area contributed by atoms with E-state index in [1.54, 1.807) is 0 Å². The molecule has 0 fully saturated rings. The van der Waals surface area contributed by atoms with Crippen molar-refractivity contribution in [3.05, 3.63) is 174 Å². The Morgan fingerprint density at radius 1 is 0.312 bits per heavy atom. The predicted molar refractivity (Wildman–Crippen MR) is 281 cm³/mol. The van der Waals surface area contributed by atoms with Gasteiger partial charge >= 0.3 is 0 Å². The molecule has 0 saturated heterocycles. The second kappa shape index (κ2) is 14.6. The molecule has 2 nitrogen and oxygen atoms in total. The van der Waals surface area contributed by atoms with Crippen molar-refractivity contribution in [1.82, 2.24) is 4.98 Å². The second-order valence-corrected chi connectivity index (χ2v) is 22.5. The number of nitrogens with one attached hydrogen (secondary N) is 1. The molecule has 9 aromatic carbocycles. The van der Waals surface area contributed by atoms with Crippen molar-refractivity contribution in [3.63, 3.8) is 0 Å². The SMILES string of the molecule is CC(C)(C)c1cc(N(c2cc(-c3cc(C(C)(C)C)cc4c3[nH]c3ccc(C(C)(C)C)cc34)c3ccccc3c2)c2ccc3c4ccccc4c4ccccc4c3c2)cc(C(C)(C)C)c1. The number of hydrogen-bond donors (Lipinski definition) is 1. The minimum absolute atomic E-state index is 0.0372. The van der Waals surface area contributed by atoms with E-state index in [9.17, 15) is 0 Å². The summed E-state index contributed by atoms with van der Waals surface area (Å²) in [7, 11) is 0. The molecule has 1 aromatic heterocycles. The monoisotopic (exact) mass is 834 g/mol. The van der Waals surface area contributed by atoms with E-state index in [2.05, 4.69) is 245 Å². The van der Waals surface area contributed by atoms with Gasteiger partial charge in [0.2, 0.25) is 0 Å². The van der Waals surface area contributed by atoms with E-state index in [0.717, 1.165) is 17.1 Å². The molecule has 0 aliphatic carbocycles. The maximum absolute atomic E-state index is 3.97. The Labute approximate surface area is 380 Å². The number of anilines is 3. The molecule has 0 spiro atoms. The highest BCUT2D eigenvalue weighted by molar-refractivity contribution is 6.26. The lowest BCUT2D eigenvalue weighted by atomic mass is 9.80. The molecule has 10 rings (SSSR count). The van der Waals surface area contributed by atoms with E-state index < -0.39 is 0 Å². The third-order valence-electron chi connectivity index (χ3n) is 13.7. The van der Waals surface area contributed by atoms with Crippen LogP contribution >= 0.6 is 0 Å². The minimum Gasteiger partial charge on any atom is -0.354 e. The molecule has 0 atom stereocenters. The zero-order valence-electron chi connectivity index (χ0n) is 39.9. The summed E-state index contributed by atoms with van der Waals surface area (Å²) in [6, 6.07) is 58.0. The fraction of sp³-hybridized carbons (Fsp3) is 0.258. The Bertz CT molecular complexity index is 3410. The van der Waals surface area contributed by atoms with Crippen LogP contribution in [-0.4, -0.2) is 4.98 Å². The fourth-order valence-electron chi connectivity index (χ4n) is 9.85. The topological polar surface area (TPSA) is 19.0 Å². The Morgan fingerprint density at radius 3 is 1.38 bits per heavy atom. The lowest BCUT2D eigenvalue weighted by Gasteiger charge is -2.32. The smallest absolute Gasteiger partial charge is 0.0544 e. The summed E-state index contributed by atoms with van der Waals surface area (Å²) < 4.78 is 0. The molecule has 0 saturated carbocycles. The Hall–Kier alpha value is -6.38. The first-order valence-corrected chi connectivity index (χ1v) is 23.2. The lowest BCUT2D eigenvalue weighted by molar-refractivity contribution is 0.569. The number of fused-ring (bicyclic) bond motifs is 10. The van der Waals surface area contributed by atoms with Gasteiger partial charge in [0.05, 0.1) is 5.52 Å². The number of hydrogen-bond acceptors (Lipinski definition) is 1. The normalized spacial score (nSPS) is 13.0. The molecule has 1 heterocycles. The van der Waals surface area contributed by atoms with Crippen molar-refractivity contribution >= 4 is 82.0 Å². The Morgan fingerprint density at radius 2 is 0.797 bits per heavy atom. The van der Waals surface area contributed by atoms with Crippen LogP contribution in [0.2, 0.25) is 0 Å². The van der Waals surface area contributed by atoms with E-state index >= 15 is 0 Å². The first-order chi connectivity index (χ1) is 30.2. The number of rotatable bonds is 4. The molecule has 10 aromatic rings. The van der Waals surface area contributed by atoms with Crippen molar-refractivity contribution in [1.29, 1.82) is 0 Å². The Balaban J connectivity index is 1.32. The van der Waals surface area contributed by atoms with Crippen LogP contribution in [0.5, 0.6) is 0 Å². The first-order valence-electron chi connectivity index (χ1n) is 23.2. The zero-order valence-corrected chi connectivity index (χ0v) is 39.9. The Kier molecular flexibility index (Phi) is 9.48. The molecule has 2 heteroatoms. The third kappa shape index (κ3) is 7.12. The number of aromatic amines is 1. The molecule has 0 aliphatic heterocycles. The average molecular weight is 835 g/mol. The molecule has 0 bridgehead atoms. The molecule has 1 N–H and O–H groups in total. The van der Waals surface area contributed by atoms with Crippen molar-refractivity contribution < 1.29 is 0 Å². The van der Waals surface area contributed by atoms with E-state index in [0.29, 0.717) is 0 Å². The van der Waals surface area contributed by atoms with E-state index in [4.69, 9.17) is 0 Å². The van der Waals surface area contributed by atoms with Gasteiger partial charge in [-0.1, -0.05) is 174 Å². The van der Waals surface area contributed by atoms with Crippen molar-refractivity contribution in [2.45, 2.75) is 105 Å². The minimum atomic E-state index is -0.0671. The summed E-state index contributed by atoms with van der Waals surface area (Å²) in [5.74, 6) is 0. The largest absolute Gasteiger partial charge is 0.354 e. The van der Waals surface area contributed by atoms with Gasteiger partial charge < -0.3 is 9.88 Å². The molecular weight excluding hydrogens is 773 g/mol. The van der Waals surface area contributed by atoms with Crippen LogP contribution in [0.3, 0.4) is 0 Å². The summed E-state index contributed by atoms with van der Waals surface area (Å²) >= 11 is 0. The predicted octanol–water partition coefficient (Wildman–Crippen LogP) is 18.3. The maximum atomic E-state index is 3.97. The van der Waals surface area contributed by atoms with E-state index in [-0.39, 0.29) is 21.7 Å². The molecule has 0 amide bonds. The summed E-state index contributed by atoms with van der Waals surface area (Å²) in [6.45, 7) is 27.9. The average Bonchev–Trinajstić information content (AvgIpc) is 3.63. The second-order valence-electron chi connectivity index (χ2n) is 22.5. The molecule has 0 aliphatic rings. The van der Waals surface area contributed by atoms with Gasteiger partial charge in [0.15, 0.2) is 0 Å². The van der Waals surface area contributed by atoms with Crippen molar-refractivity contribution in [2.75, 3.05) is 4.90 Å². The van der Waals surface area contributed by atoms with Gasteiger partial charge in [-0.15, -0.1) is 0 Å². The van der Waals surface area contributed by atoms with Gasteiger partial charge in [-0.25, -0.2) is 0 Å². The van der Waals surface area contributed by atoms with E-state index in [1.807, 2.05) is 0 Å². The summed E-state index contributed by atoms with van der Waals surface area (Å²) in [4.78, 5) is 6.50. The molecule has 0 radical (unpaired) electrons. The highest BCUT2D eigenvalue weighted by Crippen LogP contribution is 2.47.